The first-order chi connectivity index (χ1) is 11.9. The number of nitrogens with one attached hydrogen (secondary N) is 2. The molecular formula is C15H11Cl2F3N2O3S. The van der Waals surface area contributed by atoms with Gasteiger partial charge in [0.1, 0.15) is 0 Å². The van der Waals surface area contributed by atoms with E-state index in [1.165, 1.54) is 6.07 Å². The molecule has 0 unspecified atom stereocenters. The van der Waals surface area contributed by atoms with Crippen molar-refractivity contribution in [2.45, 2.75) is 18.0 Å². The van der Waals surface area contributed by atoms with Crippen molar-refractivity contribution in [2.75, 3.05) is 10.0 Å². The van der Waals surface area contributed by atoms with Gasteiger partial charge >= 0.3 is 6.18 Å². The fraction of sp³-hybridized carbons (Fsp3) is 0.133. The number of rotatable bonds is 4. The molecule has 0 saturated carbocycles. The first kappa shape index (κ1) is 20.3. The van der Waals surface area contributed by atoms with Crippen molar-refractivity contribution in [3.63, 3.8) is 0 Å². The number of amides is 1. The Hall–Kier alpha value is -1.97. The van der Waals surface area contributed by atoms with Crippen LogP contribution in [0.1, 0.15) is 12.5 Å². The van der Waals surface area contributed by atoms with Crippen molar-refractivity contribution in [3.8, 4) is 0 Å². The Morgan fingerprint density at radius 2 is 1.62 bits per heavy atom. The van der Waals surface area contributed by atoms with Gasteiger partial charge in [0.25, 0.3) is 10.0 Å². The summed E-state index contributed by atoms with van der Waals surface area (Å²) in [6, 6.07) is 6.05. The highest BCUT2D eigenvalue weighted by Gasteiger charge is 2.35. The number of hydrogen-bond donors (Lipinski definition) is 2. The van der Waals surface area contributed by atoms with E-state index in [1.54, 1.807) is 0 Å². The van der Waals surface area contributed by atoms with Gasteiger partial charge in [-0.1, -0.05) is 23.2 Å². The summed E-state index contributed by atoms with van der Waals surface area (Å²) in [5.74, 6) is -0.569. The lowest BCUT2D eigenvalue weighted by molar-refractivity contribution is -0.136. The van der Waals surface area contributed by atoms with E-state index >= 15 is 0 Å². The number of hydrogen-bond acceptors (Lipinski definition) is 3. The summed E-state index contributed by atoms with van der Waals surface area (Å²) < 4.78 is 66.5. The normalized spacial score (nSPS) is 11.9. The Kier molecular flexibility index (Phi) is 5.74. The zero-order valence-electron chi connectivity index (χ0n) is 13.0. The number of anilines is 2. The summed E-state index contributed by atoms with van der Waals surface area (Å²) in [6.07, 6.45) is -4.86. The van der Waals surface area contributed by atoms with Gasteiger partial charge in [0, 0.05) is 22.7 Å². The van der Waals surface area contributed by atoms with Crippen LogP contribution in [0.2, 0.25) is 10.0 Å². The van der Waals surface area contributed by atoms with Gasteiger partial charge in [-0.3, -0.25) is 9.52 Å². The fourth-order valence-corrected chi connectivity index (χ4v) is 3.84. The quantitative estimate of drug-likeness (QED) is 0.738. The summed E-state index contributed by atoms with van der Waals surface area (Å²) in [4.78, 5) is 10.6. The molecule has 0 aliphatic rings. The van der Waals surface area contributed by atoms with E-state index in [4.69, 9.17) is 23.2 Å². The van der Waals surface area contributed by atoms with Crippen molar-refractivity contribution in [3.05, 3.63) is 52.0 Å². The molecule has 0 saturated heterocycles. The molecule has 0 heterocycles. The van der Waals surface area contributed by atoms with E-state index in [2.05, 4.69) is 5.32 Å². The molecule has 0 spiro atoms. The molecule has 0 fully saturated rings. The second-order valence-corrected chi connectivity index (χ2v) is 7.71. The third-order valence-electron chi connectivity index (χ3n) is 3.04. The molecule has 0 atom stereocenters. The predicted octanol–water partition coefficient (Wildman–Crippen LogP) is 4.77. The second-order valence-electron chi connectivity index (χ2n) is 5.15. The largest absolute Gasteiger partial charge is 0.418 e. The maximum atomic E-state index is 13.3. The maximum absolute atomic E-state index is 13.3. The SMILES string of the molecule is CC(=O)Nc1ccc(NS(=O)(=O)c2cc(Cl)cc(Cl)c2)c(C(F)(F)F)c1. The van der Waals surface area contributed by atoms with Crippen LogP contribution in [-0.2, 0) is 21.0 Å². The highest BCUT2D eigenvalue weighted by atomic mass is 35.5. The summed E-state index contributed by atoms with van der Waals surface area (Å²) in [6.45, 7) is 1.13. The smallest absolute Gasteiger partial charge is 0.326 e. The summed E-state index contributed by atoms with van der Waals surface area (Å²) in [7, 11) is -4.38. The van der Waals surface area contributed by atoms with Crippen LogP contribution in [0.5, 0.6) is 0 Å². The van der Waals surface area contributed by atoms with Crippen LogP contribution >= 0.6 is 23.2 Å². The van der Waals surface area contributed by atoms with Crippen molar-refractivity contribution in [1.29, 1.82) is 0 Å². The summed E-state index contributed by atoms with van der Waals surface area (Å²) in [5, 5.41) is 2.22. The molecule has 0 aliphatic heterocycles. The summed E-state index contributed by atoms with van der Waals surface area (Å²) in [5.41, 5.74) is -2.10. The van der Waals surface area contributed by atoms with Gasteiger partial charge in [-0.05, 0) is 36.4 Å². The predicted molar refractivity (Wildman–Crippen MR) is 93.0 cm³/mol. The van der Waals surface area contributed by atoms with Crippen LogP contribution in [-0.4, -0.2) is 14.3 Å². The highest BCUT2D eigenvalue weighted by molar-refractivity contribution is 7.92. The van der Waals surface area contributed by atoms with Gasteiger partial charge in [-0.15, -0.1) is 0 Å². The molecule has 0 aliphatic carbocycles. The molecular weight excluding hydrogens is 416 g/mol. The molecule has 2 rings (SSSR count). The molecule has 0 bridgehead atoms. The molecule has 26 heavy (non-hydrogen) atoms. The van der Waals surface area contributed by atoms with E-state index in [0.29, 0.717) is 6.07 Å². The van der Waals surface area contributed by atoms with Crippen LogP contribution in [0.3, 0.4) is 0 Å². The number of sulfonamides is 1. The Bertz CT molecular complexity index is 943. The fourth-order valence-electron chi connectivity index (χ4n) is 2.04. The minimum Gasteiger partial charge on any atom is -0.326 e. The lowest BCUT2D eigenvalue weighted by Crippen LogP contribution is -2.18. The molecule has 2 aromatic rings. The summed E-state index contributed by atoms with van der Waals surface area (Å²) >= 11 is 11.5. The van der Waals surface area contributed by atoms with Gasteiger partial charge in [-0.25, -0.2) is 8.42 Å². The Morgan fingerprint density at radius 3 is 2.12 bits per heavy atom. The molecule has 0 aromatic heterocycles. The third-order valence-corrected chi connectivity index (χ3v) is 4.82. The molecule has 2 aromatic carbocycles. The Labute approximate surface area is 157 Å². The van der Waals surface area contributed by atoms with Gasteiger partial charge in [0.15, 0.2) is 0 Å². The standard InChI is InChI=1S/C15H11Cl2F3N2O3S/c1-8(23)21-11-2-3-14(13(7-11)15(18,19)20)22-26(24,25)12-5-9(16)4-10(17)6-12/h2-7,22H,1H3,(H,21,23). The average molecular weight is 427 g/mol. The van der Waals surface area contributed by atoms with E-state index < -0.39 is 38.3 Å². The minimum absolute atomic E-state index is 0.00919. The van der Waals surface area contributed by atoms with Crippen molar-refractivity contribution < 1.29 is 26.4 Å². The van der Waals surface area contributed by atoms with Crippen molar-refractivity contribution >= 4 is 50.5 Å². The third kappa shape index (κ3) is 5.03. The topological polar surface area (TPSA) is 75.3 Å². The molecule has 5 nitrogen and oxygen atoms in total. The van der Waals surface area contributed by atoms with Crippen LogP contribution in [0.25, 0.3) is 0 Å². The second kappa shape index (κ2) is 7.34. The number of halogens is 5. The lowest BCUT2D eigenvalue weighted by Gasteiger charge is -2.16. The van der Waals surface area contributed by atoms with E-state index in [-0.39, 0.29) is 15.7 Å². The maximum Gasteiger partial charge on any atom is 0.418 e. The number of carbonyl (C=O) groups is 1. The van der Waals surface area contributed by atoms with Crippen LogP contribution in [0.15, 0.2) is 41.3 Å². The highest BCUT2D eigenvalue weighted by Crippen LogP contribution is 2.37. The Balaban J connectivity index is 2.49. The van der Waals surface area contributed by atoms with E-state index in [0.717, 1.165) is 31.2 Å². The van der Waals surface area contributed by atoms with E-state index in [9.17, 15) is 26.4 Å². The van der Waals surface area contributed by atoms with Gasteiger partial charge in [0.05, 0.1) is 16.1 Å². The molecule has 2 N–H and O–H groups in total. The van der Waals surface area contributed by atoms with Gasteiger partial charge in [-0.2, -0.15) is 13.2 Å². The van der Waals surface area contributed by atoms with Crippen LogP contribution in [0, 0.1) is 0 Å². The molecule has 11 heteroatoms. The van der Waals surface area contributed by atoms with Gasteiger partial charge < -0.3 is 5.32 Å². The van der Waals surface area contributed by atoms with Gasteiger partial charge in [0.2, 0.25) is 5.91 Å². The zero-order chi connectivity index (χ0) is 19.7. The minimum atomic E-state index is -4.86. The zero-order valence-corrected chi connectivity index (χ0v) is 15.3. The molecule has 140 valence electrons. The van der Waals surface area contributed by atoms with Crippen molar-refractivity contribution in [1.82, 2.24) is 0 Å². The molecule has 1 amide bonds. The monoisotopic (exact) mass is 426 g/mol. The number of alkyl halides is 3. The van der Waals surface area contributed by atoms with Crippen LogP contribution < -0.4 is 10.0 Å². The average Bonchev–Trinajstić information content (AvgIpc) is 2.46. The Morgan fingerprint density at radius 1 is 1.04 bits per heavy atom. The number of carbonyl (C=O) groups excluding carboxylic acids is 1. The van der Waals surface area contributed by atoms with E-state index in [1.807, 2.05) is 4.72 Å². The molecule has 0 radical (unpaired) electrons. The first-order valence-electron chi connectivity index (χ1n) is 6.86. The lowest BCUT2D eigenvalue weighted by atomic mass is 10.1. The first-order valence-corrected chi connectivity index (χ1v) is 9.10. The number of benzene rings is 2. The van der Waals surface area contributed by atoms with Crippen LogP contribution in [0.4, 0.5) is 24.5 Å². The van der Waals surface area contributed by atoms with Crippen molar-refractivity contribution in [2.24, 2.45) is 0 Å².